The maximum absolute atomic E-state index is 12.2. The molecule has 0 aromatic carbocycles. The molecule has 4 rings (SSSR count). The fourth-order valence-corrected chi connectivity index (χ4v) is 3.59. The molecule has 4 heterocycles. The highest BCUT2D eigenvalue weighted by molar-refractivity contribution is 5.84. The molecule has 1 N–H and O–H groups in total. The van der Waals surface area contributed by atoms with E-state index in [1.54, 1.807) is 0 Å². The first-order chi connectivity index (χ1) is 7.79. The Bertz CT molecular complexity index is 286. The van der Waals surface area contributed by atoms with Crippen LogP contribution in [0.25, 0.3) is 0 Å². The predicted octanol–water partition coefficient (Wildman–Crippen LogP) is -0.0991. The van der Waals surface area contributed by atoms with E-state index in [1.807, 2.05) is 7.05 Å². The van der Waals surface area contributed by atoms with Crippen molar-refractivity contribution in [2.45, 2.75) is 31.3 Å². The lowest BCUT2D eigenvalue weighted by Crippen LogP contribution is -2.58. The zero-order valence-corrected chi connectivity index (χ0v) is 9.98. The van der Waals surface area contributed by atoms with Gasteiger partial charge < -0.3 is 15.1 Å². The third-order valence-electron chi connectivity index (χ3n) is 4.61. The van der Waals surface area contributed by atoms with Crippen molar-refractivity contribution < 1.29 is 4.79 Å². The lowest BCUT2D eigenvalue weighted by molar-refractivity contribution is -0.135. The molecule has 4 fully saturated rings. The van der Waals surface area contributed by atoms with E-state index in [-0.39, 0.29) is 6.04 Å². The highest BCUT2D eigenvalue weighted by Gasteiger charge is 2.42. The minimum atomic E-state index is 0.0791. The third kappa shape index (κ3) is 1.55. The largest absolute Gasteiger partial charge is 0.337 e. The molecule has 4 aliphatic rings. The summed E-state index contributed by atoms with van der Waals surface area (Å²) >= 11 is 0. The van der Waals surface area contributed by atoms with Crippen molar-refractivity contribution in [1.29, 1.82) is 0 Å². The molecular formula is C12H21N3O. The number of amides is 1. The lowest BCUT2D eigenvalue weighted by atomic mass is 9.83. The van der Waals surface area contributed by atoms with Crippen LogP contribution in [0, 0.1) is 5.92 Å². The van der Waals surface area contributed by atoms with Crippen LogP contribution in [0.15, 0.2) is 0 Å². The molecule has 4 aliphatic heterocycles. The second-order valence-electron chi connectivity index (χ2n) is 5.37. The van der Waals surface area contributed by atoms with Gasteiger partial charge in [-0.25, -0.2) is 0 Å². The van der Waals surface area contributed by atoms with Gasteiger partial charge in [0.1, 0.15) is 0 Å². The maximum atomic E-state index is 12.2. The summed E-state index contributed by atoms with van der Waals surface area (Å²) in [7, 11) is 1.89. The number of rotatable bonds is 2. The number of nitrogens with zero attached hydrogens (tertiary/aromatic N) is 2. The van der Waals surface area contributed by atoms with E-state index in [1.165, 1.54) is 25.9 Å². The highest BCUT2D eigenvalue weighted by Crippen LogP contribution is 2.32. The number of nitrogens with one attached hydrogen (secondary N) is 1. The first-order valence-electron chi connectivity index (χ1n) is 6.49. The van der Waals surface area contributed by atoms with Crippen molar-refractivity contribution in [3.63, 3.8) is 0 Å². The van der Waals surface area contributed by atoms with Gasteiger partial charge in [0, 0.05) is 19.1 Å². The van der Waals surface area contributed by atoms with Crippen molar-refractivity contribution in [3.8, 4) is 0 Å². The summed E-state index contributed by atoms with van der Waals surface area (Å²) in [5.41, 5.74) is 0. The third-order valence-corrected chi connectivity index (χ3v) is 4.61. The quantitative estimate of drug-likeness (QED) is 0.710. The molecule has 2 unspecified atom stereocenters. The Kier molecular flexibility index (Phi) is 2.64. The van der Waals surface area contributed by atoms with E-state index >= 15 is 0 Å². The smallest absolute Gasteiger partial charge is 0.240 e. The monoisotopic (exact) mass is 223 g/mol. The van der Waals surface area contributed by atoms with Crippen molar-refractivity contribution in [1.82, 2.24) is 15.1 Å². The standard InChI is InChI=1S/C12H21N3O/c1-13-10-4-7-15(12(10)16)11-8-14-5-2-9(11)3-6-14/h9-11,13H,2-8H2,1H3. The fraction of sp³-hybridized carbons (Fsp3) is 0.917. The molecule has 0 radical (unpaired) electrons. The number of likely N-dealkylation sites (N-methyl/N-ethyl adjacent to an activating group) is 1. The second-order valence-corrected chi connectivity index (χ2v) is 5.37. The predicted molar refractivity (Wildman–Crippen MR) is 62.1 cm³/mol. The second kappa shape index (κ2) is 4.00. The number of hydrogen-bond donors (Lipinski definition) is 1. The molecule has 4 nitrogen and oxygen atoms in total. The number of carbonyl (C=O) groups excluding carboxylic acids is 1. The average molecular weight is 223 g/mol. The summed E-state index contributed by atoms with van der Waals surface area (Å²) in [4.78, 5) is 16.8. The molecule has 4 heteroatoms. The molecular weight excluding hydrogens is 202 g/mol. The first kappa shape index (κ1) is 10.5. The Labute approximate surface area is 97.0 Å². The average Bonchev–Trinajstić information content (AvgIpc) is 2.71. The van der Waals surface area contributed by atoms with Gasteiger partial charge in [0.25, 0.3) is 0 Å². The van der Waals surface area contributed by atoms with Gasteiger partial charge in [-0.15, -0.1) is 0 Å². The van der Waals surface area contributed by atoms with Crippen molar-refractivity contribution in [3.05, 3.63) is 0 Å². The molecule has 0 aromatic rings. The minimum absolute atomic E-state index is 0.0791. The van der Waals surface area contributed by atoms with E-state index in [2.05, 4.69) is 15.1 Å². The molecule has 0 spiro atoms. The molecule has 90 valence electrons. The fourth-order valence-electron chi connectivity index (χ4n) is 3.59. The summed E-state index contributed by atoms with van der Waals surface area (Å²) in [6, 6.07) is 0.587. The highest BCUT2D eigenvalue weighted by atomic mass is 16.2. The molecule has 0 saturated carbocycles. The van der Waals surface area contributed by atoms with Gasteiger partial charge in [-0.3, -0.25) is 4.79 Å². The molecule has 0 aromatic heterocycles. The SMILES string of the molecule is CNC1CCN(C2CN3CCC2CC3)C1=O. The van der Waals surface area contributed by atoms with Crippen LogP contribution >= 0.6 is 0 Å². The Balaban J connectivity index is 1.72. The number of fused-ring (bicyclic) bond motifs is 3. The molecule has 0 aliphatic carbocycles. The van der Waals surface area contributed by atoms with Gasteiger partial charge in [-0.05, 0) is 45.3 Å². The van der Waals surface area contributed by atoms with E-state index in [9.17, 15) is 4.79 Å². The Morgan fingerprint density at radius 2 is 1.94 bits per heavy atom. The van der Waals surface area contributed by atoms with Gasteiger partial charge >= 0.3 is 0 Å². The summed E-state index contributed by atoms with van der Waals surface area (Å²) in [5.74, 6) is 1.10. The lowest BCUT2D eigenvalue weighted by Gasteiger charge is -2.48. The zero-order valence-electron chi connectivity index (χ0n) is 9.98. The van der Waals surface area contributed by atoms with Crippen LogP contribution in [0.3, 0.4) is 0 Å². The van der Waals surface area contributed by atoms with Crippen LogP contribution in [-0.2, 0) is 4.79 Å². The van der Waals surface area contributed by atoms with Crippen LogP contribution in [0.1, 0.15) is 19.3 Å². The maximum Gasteiger partial charge on any atom is 0.240 e. The Morgan fingerprint density at radius 1 is 1.19 bits per heavy atom. The van der Waals surface area contributed by atoms with E-state index in [4.69, 9.17) is 0 Å². The number of hydrogen-bond acceptors (Lipinski definition) is 3. The van der Waals surface area contributed by atoms with E-state index in [0.717, 1.165) is 25.4 Å². The van der Waals surface area contributed by atoms with Gasteiger partial charge in [0.05, 0.1) is 6.04 Å². The summed E-state index contributed by atoms with van der Waals surface area (Å²) in [5, 5.41) is 3.12. The van der Waals surface area contributed by atoms with Gasteiger partial charge in [-0.1, -0.05) is 0 Å². The van der Waals surface area contributed by atoms with Crippen LogP contribution in [0.5, 0.6) is 0 Å². The molecule has 1 amide bonds. The van der Waals surface area contributed by atoms with Gasteiger partial charge in [0.2, 0.25) is 5.91 Å². The number of likely N-dealkylation sites (tertiary alicyclic amines) is 1. The normalized spacial score (nSPS) is 43.1. The summed E-state index contributed by atoms with van der Waals surface area (Å²) < 4.78 is 0. The molecule has 2 bridgehead atoms. The Morgan fingerprint density at radius 3 is 2.44 bits per heavy atom. The summed E-state index contributed by atoms with van der Waals surface area (Å²) in [6.45, 7) is 4.57. The van der Waals surface area contributed by atoms with Gasteiger partial charge in [0.15, 0.2) is 0 Å². The number of piperidine rings is 3. The van der Waals surface area contributed by atoms with Crippen LogP contribution < -0.4 is 5.32 Å². The van der Waals surface area contributed by atoms with Crippen molar-refractivity contribution >= 4 is 5.91 Å². The summed E-state index contributed by atoms with van der Waals surface area (Å²) in [6.07, 6.45) is 3.57. The van der Waals surface area contributed by atoms with Crippen LogP contribution in [0.2, 0.25) is 0 Å². The molecule has 2 atom stereocenters. The van der Waals surface area contributed by atoms with Crippen molar-refractivity contribution in [2.24, 2.45) is 5.92 Å². The molecule has 16 heavy (non-hydrogen) atoms. The topological polar surface area (TPSA) is 35.6 Å². The van der Waals surface area contributed by atoms with E-state index < -0.39 is 0 Å². The minimum Gasteiger partial charge on any atom is -0.337 e. The number of carbonyl (C=O) groups is 1. The van der Waals surface area contributed by atoms with E-state index in [0.29, 0.717) is 11.9 Å². The van der Waals surface area contributed by atoms with Crippen LogP contribution in [-0.4, -0.2) is 61.0 Å². The van der Waals surface area contributed by atoms with Crippen molar-refractivity contribution in [2.75, 3.05) is 33.2 Å². The van der Waals surface area contributed by atoms with Gasteiger partial charge in [-0.2, -0.15) is 0 Å². The Hall–Kier alpha value is -0.610. The molecule has 4 saturated heterocycles. The van der Waals surface area contributed by atoms with Crippen LogP contribution in [0.4, 0.5) is 0 Å². The first-order valence-corrected chi connectivity index (χ1v) is 6.49. The zero-order chi connectivity index (χ0) is 11.1.